The van der Waals surface area contributed by atoms with Crippen molar-refractivity contribution in [3.8, 4) is 5.75 Å². The van der Waals surface area contributed by atoms with E-state index in [1.54, 1.807) is 31.2 Å². The zero-order valence-electron chi connectivity index (χ0n) is 11.2. The van der Waals surface area contributed by atoms with Gasteiger partial charge >= 0.3 is 0 Å². The van der Waals surface area contributed by atoms with E-state index in [0.29, 0.717) is 17.0 Å². The molecule has 2 rings (SSSR count). The normalized spacial score (nSPS) is 10.3. The van der Waals surface area contributed by atoms with E-state index in [2.05, 4.69) is 26.2 Å². The lowest BCUT2D eigenvalue weighted by molar-refractivity contribution is 0.102. The van der Waals surface area contributed by atoms with Crippen LogP contribution in [0.5, 0.6) is 5.75 Å². The number of rotatable bonds is 3. The van der Waals surface area contributed by atoms with E-state index in [-0.39, 0.29) is 16.2 Å². The van der Waals surface area contributed by atoms with Crippen molar-refractivity contribution in [2.45, 2.75) is 6.92 Å². The predicted octanol–water partition coefficient (Wildman–Crippen LogP) is 4.72. The van der Waals surface area contributed by atoms with Gasteiger partial charge in [-0.05, 0) is 36.8 Å². The van der Waals surface area contributed by atoms with Gasteiger partial charge in [0.15, 0.2) is 5.15 Å². The second-order valence-corrected chi connectivity index (χ2v) is 5.89. The Balaban J connectivity index is 2.35. The first-order valence-electron chi connectivity index (χ1n) is 5.90. The van der Waals surface area contributed by atoms with E-state index in [4.69, 9.17) is 27.9 Å². The van der Waals surface area contributed by atoms with Crippen molar-refractivity contribution in [3.63, 3.8) is 0 Å². The molecule has 0 aliphatic carbocycles. The quantitative estimate of drug-likeness (QED) is 0.772. The average Bonchev–Trinajstić information content (AvgIpc) is 2.42. The van der Waals surface area contributed by atoms with Gasteiger partial charge in [0.2, 0.25) is 0 Å². The molecule has 1 N–H and O–H groups in total. The molecular weight excluding hydrogens is 379 g/mol. The summed E-state index contributed by atoms with van der Waals surface area (Å²) in [5.74, 6) is 0.117. The SMILES string of the molecule is COc1cc(Br)ccc1C(=O)Nc1c(C)cc(Cl)nc1Cl. The molecule has 0 aliphatic rings. The Morgan fingerprint density at radius 2 is 2.05 bits per heavy atom. The van der Waals surface area contributed by atoms with Crippen LogP contribution in [0.1, 0.15) is 15.9 Å². The Morgan fingerprint density at radius 3 is 2.67 bits per heavy atom. The molecule has 0 spiro atoms. The first-order valence-corrected chi connectivity index (χ1v) is 7.44. The number of ether oxygens (including phenoxy) is 1. The van der Waals surface area contributed by atoms with Crippen molar-refractivity contribution in [1.82, 2.24) is 4.98 Å². The number of benzene rings is 1. The molecule has 2 aromatic rings. The van der Waals surface area contributed by atoms with Crippen LogP contribution in [0.2, 0.25) is 10.3 Å². The number of aryl methyl sites for hydroxylation is 1. The van der Waals surface area contributed by atoms with Gasteiger partial charge in [-0.3, -0.25) is 4.79 Å². The minimum absolute atomic E-state index is 0.143. The third-order valence-electron chi connectivity index (χ3n) is 2.79. The Labute approximate surface area is 140 Å². The molecule has 1 aromatic carbocycles. The molecule has 0 saturated carbocycles. The molecule has 0 saturated heterocycles. The zero-order valence-corrected chi connectivity index (χ0v) is 14.3. The highest BCUT2D eigenvalue weighted by molar-refractivity contribution is 9.10. The number of methoxy groups -OCH3 is 1. The lowest BCUT2D eigenvalue weighted by atomic mass is 10.1. The van der Waals surface area contributed by atoms with E-state index >= 15 is 0 Å². The van der Waals surface area contributed by atoms with Gasteiger partial charge in [-0.25, -0.2) is 4.98 Å². The highest BCUT2D eigenvalue weighted by Crippen LogP contribution is 2.29. The third-order valence-corrected chi connectivity index (χ3v) is 3.75. The van der Waals surface area contributed by atoms with Crippen molar-refractivity contribution in [2.24, 2.45) is 0 Å². The van der Waals surface area contributed by atoms with Gasteiger partial charge in [0, 0.05) is 4.47 Å². The molecule has 0 fully saturated rings. The molecule has 110 valence electrons. The van der Waals surface area contributed by atoms with Crippen LogP contribution in [0.4, 0.5) is 5.69 Å². The fourth-order valence-electron chi connectivity index (χ4n) is 1.78. The van der Waals surface area contributed by atoms with Crippen molar-refractivity contribution >= 4 is 50.7 Å². The largest absolute Gasteiger partial charge is 0.496 e. The van der Waals surface area contributed by atoms with E-state index in [0.717, 1.165) is 10.0 Å². The molecule has 1 heterocycles. The topological polar surface area (TPSA) is 51.2 Å². The van der Waals surface area contributed by atoms with Gasteiger partial charge < -0.3 is 10.1 Å². The van der Waals surface area contributed by atoms with Crippen LogP contribution in [0.3, 0.4) is 0 Å². The second kappa shape index (κ2) is 6.64. The number of aromatic nitrogens is 1. The van der Waals surface area contributed by atoms with Gasteiger partial charge in [0.1, 0.15) is 10.9 Å². The maximum absolute atomic E-state index is 12.4. The van der Waals surface area contributed by atoms with Crippen LogP contribution >= 0.6 is 39.1 Å². The predicted molar refractivity (Wildman–Crippen MR) is 87.6 cm³/mol. The summed E-state index contributed by atoms with van der Waals surface area (Å²) in [5.41, 5.74) is 1.55. The standard InChI is InChI=1S/C14H11BrCl2N2O2/c1-7-5-11(16)18-13(17)12(7)19-14(20)9-4-3-8(15)6-10(9)21-2/h3-6H,1-2H3,(H,19,20). The summed E-state index contributed by atoms with van der Waals surface area (Å²) in [6.07, 6.45) is 0. The minimum Gasteiger partial charge on any atom is -0.496 e. The maximum Gasteiger partial charge on any atom is 0.259 e. The monoisotopic (exact) mass is 388 g/mol. The Kier molecular flexibility index (Phi) is 5.08. The highest BCUT2D eigenvalue weighted by Gasteiger charge is 2.16. The number of hydrogen-bond donors (Lipinski definition) is 1. The molecule has 7 heteroatoms. The summed E-state index contributed by atoms with van der Waals surface area (Å²) in [5, 5.41) is 3.15. The van der Waals surface area contributed by atoms with E-state index in [9.17, 15) is 4.79 Å². The van der Waals surface area contributed by atoms with Crippen LogP contribution in [-0.2, 0) is 0 Å². The Hall–Kier alpha value is -1.30. The maximum atomic E-state index is 12.4. The number of carbonyl (C=O) groups is 1. The molecule has 0 bridgehead atoms. The number of pyridine rings is 1. The van der Waals surface area contributed by atoms with E-state index in [1.807, 2.05) is 0 Å². The Morgan fingerprint density at radius 1 is 1.33 bits per heavy atom. The molecule has 4 nitrogen and oxygen atoms in total. The number of hydrogen-bond acceptors (Lipinski definition) is 3. The fourth-order valence-corrected chi connectivity index (χ4v) is 2.70. The fraction of sp³-hybridized carbons (Fsp3) is 0.143. The lowest BCUT2D eigenvalue weighted by Gasteiger charge is -2.12. The first-order chi connectivity index (χ1) is 9.92. The zero-order chi connectivity index (χ0) is 15.6. The molecular formula is C14H11BrCl2N2O2. The average molecular weight is 390 g/mol. The smallest absolute Gasteiger partial charge is 0.259 e. The van der Waals surface area contributed by atoms with Crippen molar-refractivity contribution in [2.75, 3.05) is 12.4 Å². The van der Waals surface area contributed by atoms with Crippen LogP contribution < -0.4 is 10.1 Å². The van der Waals surface area contributed by atoms with Gasteiger partial charge in [0.05, 0.1) is 18.4 Å². The molecule has 1 amide bonds. The first kappa shape index (κ1) is 16.1. The summed E-state index contributed by atoms with van der Waals surface area (Å²) in [7, 11) is 1.50. The minimum atomic E-state index is -0.339. The van der Waals surface area contributed by atoms with E-state index < -0.39 is 0 Å². The summed E-state index contributed by atoms with van der Waals surface area (Å²) >= 11 is 15.2. The van der Waals surface area contributed by atoms with Gasteiger partial charge in [0.25, 0.3) is 5.91 Å². The molecule has 0 unspecified atom stereocenters. The Bertz CT molecular complexity index is 684. The van der Waals surface area contributed by atoms with E-state index in [1.165, 1.54) is 7.11 Å². The van der Waals surface area contributed by atoms with Crippen LogP contribution in [0.15, 0.2) is 28.7 Å². The summed E-state index contributed by atoms with van der Waals surface area (Å²) in [4.78, 5) is 16.3. The van der Waals surface area contributed by atoms with Gasteiger partial charge in [-0.2, -0.15) is 0 Å². The van der Waals surface area contributed by atoms with Gasteiger partial charge in [-0.15, -0.1) is 0 Å². The molecule has 0 atom stereocenters. The number of amides is 1. The van der Waals surface area contributed by atoms with Crippen LogP contribution in [0.25, 0.3) is 0 Å². The second-order valence-electron chi connectivity index (χ2n) is 4.23. The summed E-state index contributed by atoms with van der Waals surface area (Å²) in [6, 6.07) is 6.75. The van der Waals surface area contributed by atoms with Crippen molar-refractivity contribution in [3.05, 3.63) is 50.2 Å². The van der Waals surface area contributed by atoms with Gasteiger partial charge in [-0.1, -0.05) is 39.1 Å². The van der Waals surface area contributed by atoms with Crippen molar-refractivity contribution < 1.29 is 9.53 Å². The number of halogens is 3. The third kappa shape index (κ3) is 3.67. The van der Waals surface area contributed by atoms with Crippen LogP contribution in [-0.4, -0.2) is 18.0 Å². The number of nitrogens with zero attached hydrogens (tertiary/aromatic N) is 1. The highest BCUT2D eigenvalue weighted by atomic mass is 79.9. The van der Waals surface area contributed by atoms with Crippen molar-refractivity contribution in [1.29, 1.82) is 0 Å². The molecule has 0 radical (unpaired) electrons. The van der Waals surface area contributed by atoms with Crippen LogP contribution in [0, 0.1) is 6.92 Å². The molecule has 21 heavy (non-hydrogen) atoms. The number of nitrogens with one attached hydrogen (secondary N) is 1. The molecule has 0 aliphatic heterocycles. The summed E-state index contributed by atoms with van der Waals surface area (Å²) in [6.45, 7) is 1.79. The number of carbonyl (C=O) groups excluding carboxylic acids is 1. The number of anilines is 1. The summed E-state index contributed by atoms with van der Waals surface area (Å²) < 4.78 is 6.02. The lowest BCUT2D eigenvalue weighted by Crippen LogP contribution is -2.14. The molecule has 1 aromatic heterocycles.